The maximum atomic E-state index is 12.4. The third-order valence-electron chi connectivity index (χ3n) is 5.73. The molecule has 2 aliphatic heterocycles. The van der Waals surface area contributed by atoms with Crippen LogP contribution in [0.15, 0.2) is 17.2 Å². The maximum absolute atomic E-state index is 12.4. The Morgan fingerprint density at radius 2 is 1.81 bits per heavy atom. The molecule has 0 atom stereocenters. The Balaban J connectivity index is 1.39. The first-order valence-electron chi connectivity index (χ1n) is 9.91. The third kappa shape index (κ3) is 5.15. The minimum atomic E-state index is -0.314. The molecule has 2 saturated heterocycles. The minimum Gasteiger partial charge on any atom is -0.340 e. The Labute approximate surface area is 159 Å². The number of H-pyrrole nitrogens is 1. The van der Waals surface area contributed by atoms with Gasteiger partial charge >= 0.3 is 0 Å². The van der Waals surface area contributed by atoms with Gasteiger partial charge in [0.2, 0.25) is 5.91 Å². The molecular formula is C19H29N5O3. The number of aromatic nitrogens is 2. The van der Waals surface area contributed by atoms with E-state index in [0.717, 1.165) is 58.2 Å². The van der Waals surface area contributed by atoms with E-state index in [4.69, 9.17) is 0 Å². The van der Waals surface area contributed by atoms with E-state index in [0.29, 0.717) is 25.4 Å². The van der Waals surface area contributed by atoms with Gasteiger partial charge in [-0.25, -0.2) is 4.98 Å². The zero-order chi connectivity index (χ0) is 19.2. The molecule has 1 N–H and O–H groups in total. The number of hydrogen-bond acceptors (Lipinski definition) is 5. The van der Waals surface area contributed by atoms with Gasteiger partial charge in [-0.3, -0.25) is 14.4 Å². The molecule has 8 nitrogen and oxygen atoms in total. The number of nitrogens with one attached hydrogen (secondary N) is 1. The fourth-order valence-electron chi connectivity index (χ4n) is 3.85. The Morgan fingerprint density at radius 1 is 1.11 bits per heavy atom. The summed E-state index contributed by atoms with van der Waals surface area (Å²) in [4.78, 5) is 48.4. The van der Waals surface area contributed by atoms with Crippen LogP contribution in [-0.4, -0.2) is 82.3 Å². The topological polar surface area (TPSA) is 89.6 Å². The van der Waals surface area contributed by atoms with E-state index < -0.39 is 0 Å². The number of piperidine rings is 1. The summed E-state index contributed by atoms with van der Waals surface area (Å²) in [7, 11) is 0. The fourth-order valence-corrected chi connectivity index (χ4v) is 3.85. The molecule has 2 aliphatic rings. The van der Waals surface area contributed by atoms with Gasteiger partial charge in [0.05, 0.1) is 6.20 Å². The summed E-state index contributed by atoms with van der Waals surface area (Å²) in [5.74, 6) is 0.606. The Hall–Kier alpha value is -2.22. The van der Waals surface area contributed by atoms with Crippen molar-refractivity contribution in [3.05, 3.63) is 28.4 Å². The van der Waals surface area contributed by atoms with E-state index in [-0.39, 0.29) is 23.1 Å². The van der Waals surface area contributed by atoms with Gasteiger partial charge in [0, 0.05) is 51.9 Å². The van der Waals surface area contributed by atoms with Crippen LogP contribution in [0.5, 0.6) is 0 Å². The number of hydrogen-bond donors (Lipinski definition) is 1. The second-order valence-electron chi connectivity index (χ2n) is 7.39. The standard InChI is InChI=1S/C19H29N5O3/c1-2-22-9-11-23(12-10-22)18(26)4-3-15-5-7-24(8-6-15)19(27)16-13-21-17(25)14-20-16/h13-15H,2-12H2,1H3,(H,21,25). The average Bonchev–Trinajstić information content (AvgIpc) is 2.72. The molecule has 2 fully saturated rings. The molecule has 0 spiro atoms. The number of amides is 2. The molecular weight excluding hydrogens is 346 g/mol. The molecule has 1 aromatic rings. The smallest absolute Gasteiger partial charge is 0.273 e. The second-order valence-corrected chi connectivity index (χ2v) is 7.39. The van der Waals surface area contributed by atoms with Crippen LogP contribution in [0.1, 0.15) is 43.1 Å². The molecule has 0 aliphatic carbocycles. The van der Waals surface area contributed by atoms with Crippen molar-refractivity contribution >= 4 is 11.8 Å². The van der Waals surface area contributed by atoms with Crippen LogP contribution in [0, 0.1) is 5.92 Å². The summed E-state index contributed by atoms with van der Waals surface area (Å²) in [6, 6.07) is 0. The number of carbonyl (C=O) groups excluding carboxylic acids is 2. The molecule has 8 heteroatoms. The third-order valence-corrected chi connectivity index (χ3v) is 5.73. The Bertz CT molecular complexity index is 683. The first-order valence-corrected chi connectivity index (χ1v) is 9.91. The average molecular weight is 375 g/mol. The molecule has 1 aromatic heterocycles. The number of carbonyl (C=O) groups is 2. The van der Waals surface area contributed by atoms with Gasteiger partial charge in [0.15, 0.2) is 0 Å². The summed E-state index contributed by atoms with van der Waals surface area (Å²) in [6.07, 6.45) is 5.82. The van der Waals surface area contributed by atoms with Crippen LogP contribution in [0.2, 0.25) is 0 Å². The van der Waals surface area contributed by atoms with Crippen molar-refractivity contribution in [3.63, 3.8) is 0 Å². The zero-order valence-corrected chi connectivity index (χ0v) is 16.0. The summed E-state index contributed by atoms with van der Waals surface area (Å²) >= 11 is 0. The second kappa shape index (κ2) is 9.12. The highest BCUT2D eigenvalue weighted by molar-refractivity contribution is 5.92. The Morgan fingerprint density at radius 3 is 2.41 bits per heavy atom. The van der Waals surface area contributed by atoms with Gasteiger partial charge in [0.25, 0.3) is 11.5 Å². The van der Waals surface area contributed by atoms with Crippen molar-refractivity contribution in [2.75, 3.05) is 45.8 Å². The monoisotopic (exact) mass is 375 g/mol. The van der Waals surface area contributed by atoms with Crippen molar-refractivity contribution in [1.82, 2.24) is 24.7 Å². The highest BCUT2D eigenvalue weighted by atomic mass is 16.2. The van der Waals surface area contributed by atoms with Crippen LogP contribution in [-0.2, 0) is 4.79 Å². The largest absolute Gasteiger partial charge is 0.340 e. The lowest BCUT2D eigenvalue weighted by Crippen LogP contribution is -2.48. The van der Waals surface area contributed by atoms with Gasteiger partial charge in [0.1, 0.15) is 5.69 Å². The maximum Gasteiger partial charge on any atom is 0.273 e. The highest BCUT2D eigenvalue weighted by Gasteiger charge is 2.26. The number of likely N-dealkylation sites (tertiary alicyclic amines) is 1. The normalized spacial score (nSPS) is 19.3. The van der Waals surface area contributed by atoms with Crippen LogP contribution < -0.4 is 5.56 Å². The van der Waals surface area contributed by atoms with Gasteiger partial charge in [-0.1, -0.05) is 6.92 Å². The Kier molecular flexibility index (Phi) is 6.60. The first-order chi connectivity index (χ1) is 13.1. The summed E-state index contributed by atoms with van der Waals surface area (Å²) in [6.45, 7) is 8.18. The van der Waals surface area contributed by atoms with E-state index in [9.17, 15) is 14.4 Å². The van der Waals surface area contributed by atoms with E-state index in [1.54, 1.807) is 4.90 Å². The quantitative estimate of drug-likeness (QED) is 0.813. The van der Waals surface area contributed by atoms with Crippen molar-refractivity contribution in [3.8, 4) is 0 Å². The molecule has 0 bridgehead atoms. The van der Waals surface area contributed by atoms with Crippen LogP contribution in [0.4, 0.5) is 0 Å². The van der Waals surface area contributed by atoms with Gasteiger partial charge in [-0.2, -0.15) is 0 Å². The summed E-state index contributed by atoms with van der Waals surface area (Å²) in [5.41, 5.74) is -0.0412. The lowest BCUT2D eigenvalue weighted by Gasteiger charge is -2.35. The van der Waals surface area contributed by atoms with Crippen molar-refractivity contribution < 1.29 is 9.59 Å². The first kappa shape index (κ1) is 19.5. The molecule has 0 radical (unpaired) electrons. The van der Waals surface area contributed by atoms with E-state index in [1.807, 2.05) is 4.90 Å². The highest BCUT2D eigenvalue weighted by Crippen LogP contribution is 2.23. The molecule has 3 rings (SSSR count). The lowest BCUT2D eigenvalue weighted by atomic mass is 9.91. The van der Waals surface area contributed by atoms with E-state index >= 15 is 0 Å². The van der Waals surface area contributed by atoms with Gasteiger partial charge in [-0.05, 0) is 31.7 Å². The number of piperazine rings is 1. The van der Waals surface area contributed by atoms with Gasteiger partial charge < -0.3 is 19.7 Å². The minimum absolute atomic E-state index is 0.144. The number of nitrogens with zero attached hydrogens (tertiary/aromatic N) is 4. The lowest BCUT2D eigenvalue weighted by molar-refractivity contribution is -0.133. The molecule has 0 aromatic carbocycles. The summed E-state index contributed by atoms with van der Waals surface area (Å²) < 4.78 is 0. The van der Waals surface area contributed by atoms with Gasteiger partial charge in [-0.15, -0.1) is 0 Å². The number of rotatable bonds is 5. The number of aromatic amines is 1. The molecule has 0 saturated carbocycles. The zero-order valence-electron chi connectivity index (χ0n) is 16.0. The SMILES string of the molecule is CCN1CCN(C(=O)CCC2CCN(C(=O)c3c[nH]c(=O)cn3)CC2)CC1. The molecule has 27 heavy (non-hydrogen) atoms. The van der Waals surface area contributed by atoms with Crippen molar-refractivity contribution in [2.45, 2.75) is 32.6 Å². The molecule has 3 heterocycles. The van der Waals surface area contributed by atoms with Crippen molar-refractivity contribution in [1.29, 1.82) is 0 Å². The predicted octanol–water partition coefficient (Wildman–Crippen LogP) is 0.566. The molecule has 2 amide bonds. The molecule has 148 valence electrons. The van der Waals surface area contributed by atoms with Crippen LogP contribution in [0.3, 0.4) is 0 Å². The van der Waals surface area contributed by atoms with E-state index in [2.05, 4.69) is 21.8 Å². The van der Waals surface area contributed by atoms with Crippen LogP contribution >= 0.6 is 0 Å². The van der Waals surface area contributed by atoms with E-state index in [1.165, 1.54) is 6.20 Å². The molecule has 0 unspecified atom stereocenters. The summed E-state index contributed by atoms with van der Waals surface area (Å²) in [5, 5.41) is 0. The predicted molar refractivity (Wildman–Crippen MR) is 101 cm³/mol. The van der Waals surface area contributed by atoms with Crippen molar-refractivity contribution in [2.24, 2.45) is 5.92 Å². The fraction of sp³-hybridized carbons (Fsp3) is 0.684. The van der Waals surface area contributed by atoms with Crippen LogP contribution in [0.25, 0.3) is 0 Å². The number of likely N-dealkylation sites (N-methyl/N-ethyl adjacent to an activating group) is 1.